The molecule has 1 aliphatic heterocycles. The fraction of sp³-hybridized carbons (Fsp3) is 0.710. The monoisotopic (exact) mass is 562 g/mol. The Kier molecular flexibility index (Phi) is 10.4. The number of hydrogen-bond donors (Lipinski definition) is 0. The lowest BCUT2D eigenvalue weighted by molar-refractivity contribution is -0.281. The second-order valence-corrected chi connectivity index (χ2v) is 11.5. The first-order valence-electron chi connectivity index (χ1n) is 14.2. The minimum Gasteiger partial charge on any atom is -0.459 e. The number of rotatable bonds is 11. The second-order valence-electron chi connectivity index (χ2n) is 11.5. The number of carbonyl (C=O) groups excluding carboxylic acids is 3. The molecule has 2 aliphatic carbocycles. The maximum Gasteiger partial charge on any atom is 0.305 e. The Hall–Kier alpha value is -2.49. The lowest BCUT2D eigenvalue weighted by Crippen LogP contribution is -2.69. The summed E-state index contributed by atoms with van der Waals surface area (Å²) in [6.45, 7) is 16.7. The minimum atomic E-state index is -1.19. The van der Waals surface area contributed by atoms with Crippen LogP contribution in [0.5, 0.6) is 0 Å². The van der Waals surface area contributed by atoms with Crippen LogP contribution in [0.3, 0.4) is 0 Å². The van der Waals surface area contributed by atoms with E-state index in [-0.39, 0.29) is 17.9 Å². The Morgan fingerprint density at radius 3 is 2.30 bits per heavy atom. The standard InChI is InChI=1S/C31H46O9/c1-10-12-15-36-26-19(4)30(8,14-13-18(3)11-2)25-17-23(35-9)16-24-28(38-21(6)33)40-29(39-22(7)34)31(24,25)27(26)37-20(5)32/h11,13,16,19,23,25-29H,2,10,12,14-15,17H2,1,3-9H3/b18-13-/t19-,23+,25+,26-,27-,28+,29-,30-,31?/m1/s1. The number of allylic oxidation sites excluding steroid dienone is 3. The lowest BCUT2D eigenvalue weighted by atomic mass is 9.44. The third-order valence-corrected chi connectivity index (χ3v) is 9.04. The van der Waals surface area contributed by atoms with E-state index in [1.807, 2.05) is 19.1 Å². The molecule has 1 spiro atoms. The van der Waals surface area contributed by atoms with Gasteiger partial charge in [0.05, 0.1) is 12.2 Å². The Morgan fingerprint density at radius 2 is 1.75 bits per heavy atom. The van der Waals surface area contributed by atoms with Crippen molar-refractivity contribution in [2.45, 2.75) is 105 Å². The molecule has 3 rings (SSSR count). The van der Waals surface area contributed by atoms with Crippen LogP contribution in [0.2, 0.25) is 0 Å². The van der Waals surface area contributed by atoms with E-state index in [2.05, 4.69) is 33.4 Å². The lowest BCUT2D eigenvalue weighted by Gasteiger charge is -2.63. The molecule has 1 saturated carbocycles. The smallest absolute Gasteiger partial charge is 0.305 e. The fourth-order valence-corrected chi connectivity index (χ4v) is 6.87. The van der Waals surface area contributed by atoms with Crippen LogP contribution >= 0.6 is 0 Å². The molecule has 224 valence electrons. The molecular weight excluding hydrogens is 516 g/mol. The van der Waals surface area contributed by atoms with E-state index in [1.165, 1.54) is 20.8 Å². The van der Waals surface area contributed by atoms with Gasteiger partial charge in [0.2, 0.25) is 12.6 Å². The summed E-state index contributed by atoms with van der Waals surface area (Å²) in [7, 11) is 1.63. The van der Waals surface area contributed by atoms with E-state index in [9.17, 15) is 14.4 Å². The van der Waals surface area contributed by atoms with Crippen molar-refractivity contribution in [2.75, 3.05) is 13.7 Å². The van der Waals surface area contributed by atoms with Crippen LogP contribution in [0, 0.1) is 22.7 Å². The molecule has 0 amide bonds. The Balaban J connectivity index is 2.37. The van der Waals surface area contributed by atoms with Gasteiger partial charge in [-0.25, -0.2) is 0 Å². The summed E-state index contributed by atoms with van der Waals surface area (Å²) in [4.78, 5) is 37.4. The van der Waals surface area contributed by atoms with Crippen molar-refractivity contribution in [3.63, 3.8) is 0 Å². The molecular formula is C31H46O9. The molecule has 0 aromatic heterocycles. The molecule has 1 unspecified atom stereocenters. The second kappa shape index (κ2) is 13.0. The van der Waals surface area contributed by atoms with E-state index in [0.717, 1.165) is 18.4 Å². The molecule has 9 nitrogen and oxygen atoms in total. The van der Waals surface area contributed by atoms with E-state index in [1.54, 1.807) is 7.11 Å². The molecule has 1 saturated heterocycles. The van der Waals surface area contributed by atoms with Gasteiger partial charge in [-0.15, -0.1) is 0 Å². The first-order valence-corrected chi connectivity index (χ1v) is 14.2. The zero-order valence-corrected chi connectivity index (χ0v) is 25.2. The van der Waals surface area contributed by atoms with Gasteiger partial charge in [-0.2, -0.15) is 0 Å². The molecule has 9 heteroatoms. The predicted octanol–water partition coefficient (Wildman–Crippen LogP) is 5.04. The highest BCUT2D eigenvalue weighted by molar-refractivity contribution is 5.68. The van der Waals surface area contributed by atoms with E-state index >= 15 is 0 Å². The highest BCUT2D eigenvalue weighted by Gasteiger charge is 2.75. The maximum atomic E-state index is 12.7. The van der Waals surface area contributed by atoms with Gasteiger partial charge in [0.1, 0.15) is 11.5 Å². The van der Waals surface area contributed by atoms with Crippen LogP contribution in [-0.2, 0) is 42.8 Å². The van der Waals surface area contributed by atoms with Crippen LogP contribution < -0.4 is 0 Å². The molecule has 0 aromatic rings. The highest BCUT2D eigenvalue weighted by Crippen LogP contribution is 2.68. The Morgan fingerprint density at radius 1 is 1.10 bits per heavy atom. The first kappa shape index (κ1) is 32.0. The van der Waals surface area contributed by atoms with Crippen LogP contribution in [0.4, 0.5) is 0 Å². The number of carbonyl (C=O) groups is 3. The molecule has 9 atom stereocenters. The topological polar surface area (TPSA) is 107 Å². The highest BCUT2D eigenvalue weighted by atomic mass is 16.8. The summed E-state index contributed by atoms with van der Waals surface area (Å²) in [6, 6.07) is 0. The maximum absolute atomic E-state index is 12.7. The fourth-order valence-electron chi connectivity index (χ4n) is 6.87. The number of unbranched alkanes of at least 4 members (excludes halogenated alkanes) is 1. The SMILES string of the molecule is C=C/C(C)=C\C[C@]1(C)[C@H](C)[C@@H](OCCCC)[C@@H](OC(C)=O)C23C(=C[C@H](OC)C[C@H]21)[C@@H](OC(C)=O)O[C@H]3OC(C)=O. The summed E-state index contributed by atoms with van der Waals surface area (Å²) < 4.78 is 36.4. The Bertz CT molecular complexity index is 1030. The summed E-state index contributed by atoms with van der Waals surface area (Å²) in [5.74, 6) is -2.00. The van der Waals surface area contributed by atoms with Crippen molar-refractivity contribution >= 4 is 17.9 Å². The van der Waals surface area contributed by atoms with Gasteiger partial charge in [-0.05, 0) is 49.5 Å². The van der Waals surface area contributed by atoms with Crippen molar-refractivity contribution in [1.29, 1.82) is 0 Å². The van der Waals surface area contributed by atoms with Crippen molar-refractivity contribution in [1.82, 2.24) is 0 Å². The summed E-state index contributed by atoms with van der Waals surface area (Å²) >= 11 is 0. The molecule has 1 heterocycles. The van der Waals surface area contributed by atoms with E-state index in [0.29, 0.717) is 25.0 Å². The zero-order chi connectivity index (χ0) is 29.8. The quantitative estimate of drug-likeness (QED) is 0.113. The summed E-state index contributed by atoms with van der Waals surface area (Å²) in [5.41, 5.74) is -0.0727. The van der Waals surface area contributed by atoms with Crippen molar-refractivity contribution in [2.24, 2.45) is 22.7 Å². The minimum absolute atomic E-state index is 0.0965. The van der Waals surface area contributed by atoms with Crippen LogP contribution in [0.25, 0.3) is 0 Å². The molecule has 3 aliphatic rings. The van der Waals surface area contributed by atoms with Crippen LogP contribution in [0.15, 0.2) is 36.0 Å². The van der Waals surface area contributed by atoms with Gasteiger partial charge < -0.3 is 23.7 Å². The first-order chi connectivity index (χ1) is 18.9. The molecule has 0 bridgehead atoms. The van der Waals surface area contributed by atoms with Gasteiger partial charge in [0, 0.05) is 40.1 Å². The van der Waals surface area contributed by atoms with Crippen LogP contribution in [-0.4, -0.2) is 62.5 Å². The third-order valence-electron chi connectivity index (χ3n) is 9.04. The molecule has 0 N–H and O–H groups in total. The molecule has 0 radical (unpaired) electrons. The Labute approximate surface area is 238 Å². The van der Waals surface area contributed by atoms with Gasteiger partial charge >= 0.3 is 17.9 Å². The van der Waals surface area contributed by atoms with Crippen molar-refractivity contribution in [3.05, 3.63) is 36.0 Å². The number of methoxy groups -OCH3 is 1. The van der Waals surface area contributed by atoms with Crippen molar-refractivity contribution < 1.29 is 42.8 Å². The van der Waals surface area contributed by atoms with E-state index < -0.39 is 53.5 Å². The van der Waals surface area contributed by atoms with Gasteiger partial charge in [0.15, 0.2) is 0 Å². The summed E-state index contributed by atoms with van der Waals surface area (Å²) in [5, 5.41) is 0. The molecule has 0 aromatic carbocycles. The summed E-state index contributed by atoms with van der Waals surface area (Å²) in [6.07, 6.45) is 4.64. The number of esters is 3. The predicted molar refractivity (Wildman–Crippen MR) is 148 cm³/mol. The normalized spacial score (nSPS) is 37.0. The molecule has 2 fully saturated rings. The van der Waals surface area contributed by atoms with Crippen LogP contribution in [0.1, 0.15) is 74.1 Å². The zero-order valence-electron chi connectivity index (χ0n) is 25.2. The van der Waals surface area contributed by atoms with E-state index in [4.69, 9.17) is 28.4 Å². The van der Waals surface area contributed by atoms with Crippen molar-refractivity contribution in [3.8, 4) is 0 Å². The number of hydrogen-bond acceptors (Lipinski definition) is 9. The van der Waals surface area contributed by atoms with Gasteiger partial charge in [0.25, 0.3) is 0 Å². The largest absolute Gasteiger partial charge is 0.459 e. The number of ether oxygens (including phenoxy) is 6. The van der Waals surface area contributed by atoms with Gasteiger partial charge in [-0.1, -0.05) is 51.5 Å². The van der Waals surface area contributed by atoms with Gasteiger partial charge in [-0.3, -0.25) is 19.1 Å². The average molecular weight is 563 g/mol. The average Bonchev–Trinajstić information content (AvgIpc) is 3.18. The molecule has 40 heavy (non-hydrogen) atoms. The third kappa shape index (κ3) is 5.92.